The molecule has 0 unspecified atom stereocenters. The van der Waals surface area contributed by atoms with Gasteiger partial charge in [-0.15, -0.1) is 10.2 Å². The second-order valence-electron chi connectivity index (χ2n) is 6.79. The minimum atomic E-state index is 0.805. The highest BCUT2D eigenvalue weighted by Gasteiger charge is 2.29. The maximum absolute atomic E-state index is 4.61. The molecule has 3 heterocycles. The molecule has 1 aliphatic carbocycles. The van der Waals surface area contributed by atoms with Gasteiger partial charge in [-0.05, 0) is 46.2 Å². The highest BCUT2D eigenvalue weighted by atomic mass is 15.1. The van der Waals surface area contributed by atoms with E-state index >= 15 is 0 Å². The third-order valence-corrected chi connectivity index (χ3v) is 5.23. The molecule has 0 N–H and O–H groups in total. The normalized spacial score (nSPS) is 11.6. The topological polar surface area (TPSA) is 51.6 Å². The van der Waals surface area contributed by atoms with Gasteiger partial charge in [0.05, 0.1) is 11.4 Å². The van der Waals surface area contributed by atoms with Gasteiger partial charge in [0.2, 0.25) is 0 Å². The smallest absolute Gasteiger partial charge is 0.120 e. The summed E-state index contributed by atoms with van der Waals surface area (Å²) in [4.78, 5) is 9.08. The lowest BCUT2D eigenvalue weighted by Gasteiger charge is -2.12. The molecule has 130 valence electrons. The molecular formula is C24H14N4. The first-order valence-electron chi connectivity index (χ1n) is 9.18. The predicted octanol–water partition coefficient (Wildman–Crippen LogP) is 5.40. The monoisotopic (exact) mass is 358 g/mol. The van der Waals surface area contributed by atoms with E-state index in [0.717, 1.165) is 33.9 Å². The Balaban J connectivity index is 1.78. The van der Waals surface area contributed by atoms with E-state index in [0.29, 0.717) is 0 Å². The highest BCUT2D eigenvalue weighted by molar-refractivity contribution is 6.19. The maximum Gasteiger partial charge on any atom is 0.120 e. The van der Waals surface area contributed by atoms with Gasteiger partial charge in [0.25, 0.3) is 0 Å². The number of nitrogens with zero attached hydrogens (tertiary/aromatic N) is 4. The lowest BCUT2D eigenvalue weighted by atomic mass is 9.98. The Morgan fingerprint density at radius 1 is 0.500 bits per heavy atom. The zero-order valence-electron chi connectivity index (χ0n) is 14.9. The molecule has 5 aromatic rings. The summed E-state index contributed by atoms with van der Waals surface area (Å²) in [5.41, 5.74) is 7.78. The molecule has 0 saturated carbocycles. The number of benzene rings is 2. The van der Waals surface area contributed by atoms with Crippen LogP contribution < -0.4 is 0 Å². The van der Waals surface area contributed by atoms with Crippen LogP contribution in [0.2, 0.25) is 0 Å². The van der Waals surface area contributed by atoms with Gasteiger partial charge in [0.15, 0.2) is 0 Å². The number of pyridine rings is 2. The van der Waals surface area contributed by atoms with Gasteiger partial charge >= 0.3 is 0 Å². The van der Waals surface area contributed by atoms with E-state index in [9.17, 15) is 0 Å². The Hall–Kier alpha value is -3.92. The standard InChI is InChI=1S/C24H14N4/c1-3-13-25-18(11-1)23-21-16-9-5-7-15-8-6-10-17(20(15)16)22(21)24(28-27-23)19-12-2-4-14-26-19/h1-14H. The van der Waals surface area contributed by atoms with Crippen molar-refractivity contribution in [1.82, 2.24) is 20.2 Å². The number of rotatable bonds is 2. The summed E-state index contributed by atoms with van der Waals surface area (Å²) in [6.45, 7) is 0. The molecule has 4 nitrogen and oxygen atoms in total. The first-order chi connectivity index (χ1) is 13.9. The van der Waals surface area contributed by atoms with Crippen LogP contribution >= 0.6 is 0 Å². The van der Waals surface area contributed by atoms with Crippen molar-refractivity contribution < 1.29 is 0 Å². The molecule has 4 heteroatoms. The summed E-state index contributed by atoms with van der Waals surface area (Å²) < 4.78 is 0. The van der Waals surface area contributed by atoms with E-state index in [1.54, 1.807) is 12.4 Å². The van der Waals surface area contributed by atoms with E-state index in [4.69, 9.17) is 0 Å². The number of hydrogen-bond donors (Lipinski definition) is 0. The summed E-state index contributed by atoms with van der Waals surface area (Å²) in [5, 5.41) is 11.7. The predicted molar refractivity (Wildman–Crippen MR) is 110 cm³/mol. The van der Waals surface area contributed by atoms with Gasteiger partial charge in [-0.3, -0.25) is 9.97 Å². The Morgan fingerprint density at radius 3 is 1.50 bits per heavy atom. The molecule has 0 radical (unpaired) electrons. The average molecular weight is 358 g/mol. The number of fused-ring (bicyclic) bond motifs is 3. The molecule has 3 aromatic heterocycles. The summed E-state index contributed by atoms with van der Waals surface area (Å²) in [6.07, 6.45) is 3.58. The third kappa shape index (κ3) is 2.06. The van der Waals surface area contributed by atoms with Gasteiger partial charge in [0.1, 0.15) is 11.4 Å². The van der Waals surface area contributed by atoms with Gasteiger partial charge in [-0.1, -0.05) is 48.5 Å². The second-order valence-corrected chi connectivity index (χ2v) is 6.79. The number of hydrogen-bond acceptors (Lipinski definition) is 4. The van der Waals surface area contributed by atoms with Crippen LogP contribution in [0, 0.1) is 0 Å². The summed E-state index contributed by atoms with van der Waals surface area (Å²) in [7, 11) is 0. The Bertz CT molecular complexity index is 1240. The minimum absolute atomic E-state index is 0.805. The van der Waals surface area contributed by atoms with E-state index in [2.05, 4.69) is 56.6 Å². The molecule has 6 rings (SSSR count). The Kier molecular flexibility index (Phi) is 3.14. The molecule has 2 aromatic carbocycles. The molecule has 1 aliphatic rings. The molecule has 0 aliphatic heterocycles. The van der Waals surface area contributed by atoms with Gasteiger partial charge in [-0.25, -0.2) is 0 Å². The van der Waals surface area contributed by atoms with Gasteiger partial charge in [0, 0.05) is 23.5 Å². The third-order valence-electron chi connectivity index (χ3n) is 5.23. The van der Waals surface area contributed by atoms with Crippen molar-refractivity contribution in [1.29, 1.82) is 0 Å². The Morgan fingerprint density at radius 2 is 1.04 bits per heavy atom. The lowest BCUT2D eigenvalue weighted by Crippen LogP contribution is -1.99. The van der Waals surface area contributed by atoms with Crippen LogP contribution in [0.4, 0.5) is 0 Å². The minimum Gasteiger partial charge on any atom is -0.255 e. The fourth-order valence-corrected chi connectivity index (χ4v) is 4.08. The van der Waals surface area contributed by atoms with Crippen LogP contribution in [0.1, 0.15) is 0 Å². The van der Waals surface area contributed by atoms with Crippen LogP contribution in [-0.2, 0) is 0 Å². The molecule has 0 saturated heterocycles. The SMILES string of the molecule is c1ccc(-c2nnc(-c3ccccn3)c3c2-c2cccc4cccc-3c24)nc1. The zero-order valence-corrected chi connectivity index (χ0v) is 14.9. The van der Waals surface area contributed by atoms with E-state index in [1.165, 1.54) is 21.9 Å². The summed E-state index contributed by atoms with van der Waals surface area (Å²) >= 11 is 0. The molecule has 0 spiro atoms. The van der Waals surface area contributed by atoms with Crippen LogP contribution in [0.25, 0.3) is 55.8 Å². The van der Waals surface area contributed by atoms with Crippen molar-refractivity contribution in [3.05, 3.63) is 85.2 Å². The van der Waals surface area contributed by atoms with Crippen LogP contribution in [0.15, 0.2) is 85.2 Å². The summed E-state index contributed by atoms with van der Waals surface area (Å²) in [5.74, 6) is 0. The highest BCUT2D eigenvalue weighted by Crippen LogP contribution is 2.52. The van der Waals surface area contributed by atoms with Crippen molar-refractivity contribution in [2.45, 2.75) is 0 Å². The second kappa shape index (κ2) is 5.79. The molecule has 0 bridgehead atoms. The van der Waals surface area contributed by atoms with Gasteiger partial charge < -0.3 is 0 Å². The van der Waals surface area contributed by atoms with Crippen molar-refractivity contribution in [3.8, 4) is 45.0 Å². The molecule has 0 atom stereocenters. The van der Waals surface area contributed by atoms with Crippen molar-refractivity contribution >= 4 is 10.8 Å². The van der Waals surface area contributed by atoms with Crippen molar-refractivity contribution in [2.75, 3.05) is 0 Å². The van der Waals surface area contributed by atoms with E-state index < -0.39 is 0 Å². The molecule has 28 heavy (non-hydrogen) atoms. The Labute approximate surface area is 161 Å². The lowest BCUT2D eigenvalue weighted by molar-refractivity contribution is 1.03. The maximum atomic E-state index is 4.61. The quantitative estimate of drug-likeness (QED) is 0.416. The first kappa shape index (κ1) is 15.2. The molecule has 0 fully saturated rings. The van der Waals surface area contributed by atoms with E-state index in [-0.39, 0.29) is 0 Å². The fourth-order valence-electron chi connectivity index (χ4n) is 4.08. The van der Waals surface area contributed by atoms with Crippen LogP contribution in [-0.4, -0.2) is 20.2 Å². The molecular weight excluding hydrogens is 344 g/mol. The van der Waals surface area contributed by atoms with Gasteiger partial charge in [-0.2, -0.15) is 0 Å². The largest absolute Gasteiger partial charge is 0.255 e. The molecule has 0 amide bonds. The zero-order chi connectivity index (χ0) is 18.5. The average Bonchev–Trinajstić information content (AvgIpc) is 3.11. The fraction of sp³-hybridized carbons (Fsp3) is 0. The van der Waals surface area contributed by atoms with Crippen LogP contribution in [0.5, 0.6) is 0 Å². The van der Waals surface area contributed by atoms with Crippen LogP contribution in [0.3, 0.4) is 0 Å². The number of aromatic nitrogens is 4. The van der Waals surface area contributed by atoms with Crippen molar-refractivity contribution in [2.24, 2.45) is 0 Å². The van der Waals surface area contributed by atoms with Crippen molar-refractivity contribution in [3.63, 3.8) is 0 Å². The summed E-state index contributed by atoms with van der Waals surface area (Å²) in [6, 6.07) is 24.6. The van der Waals surface area contributed by atoms with E-state index in [1.807, 2.05) is 36.4 Å². The first-order valence-corrected chi connectivity index (χ1v) is 9.18.